The lowest BCUT2D eigenvalue weighted by atomic mass is 10.1. The van der Waals surface area contributed by atoms with Gasteiger partial charge in [-0.25, -0.2) is 0 Å². The topological polar surface area (TPSA) is 49.9 Å². The maximum absolute atomic E-state index is 12.7. The third-order valence-corrected chi connectivity index (χ3v) is 5.53. The number of para-hydroxylation sites is 1. The van der Waals surface area contributed by atoms with Crippen molar-refractivity contribution in [1.29, 1.82) is 0 Å². The monoisotopic (exact) mass is 402 g/mol. The molecule has 1 fully saturated rings. The highest BCUT2D eigenvalue weighted by molar-refractivity contribution is 5.86. The van der Waals surface area contributed by atoms with Gasteiger partial charge >= 0.3 is 5.97 Å². The van der Waals surface area contributed by atoms with E-state index in [1.165, 1.54) is 5.69 Å². The molecule has 1 amide bonds. The Morgan fingerprint density at radius 2 is 1.53 bits per heavy atom. The Hall–Kier alpha value is -3.34. The first-order chi connectivity index (χ1) is 14.6. The third kappa shape index (κ3) is 4.62. The van der Waals surface area contributed by atoms with Gasteiger partial charge in [0.2, 0.25) is 0 Å². The van der Waals surface area contributed by atoms with Crippen LogP contribution in [0, 0.1) is 0 Å². The van der Waals surface area contributed by atoms with Crippen molar-refractivity contribution in [3.05, 3.63) is 78.4 Å². The molecule has 1 saturated heterocycles. The number of amides is 1. The molecule has 1 aliphatic rings. The fourth-order valence-corrected chi connectivity index (χ4v) is 3.89. The Balaban J connectivity index is 1.29. The molecule has 0 spiro atoms. The van der Waals surface area contributed by atoms with Gasteiger partial charge in [-0.2, -0.15) is 0 Å². The second kappa shape index (κ2) is 8.99. The van der Waals surface area contributed by atoms with Gasteiger partial charge in [-0.15, -0.1) is 0 Å². The van der Waals surface area contributed by atoms with Gasteiger partial charge in [0.1, 0.15) is 0 Å². The molecule has 3 aromatic carbocycles. The van der Waals surface area contributed by atoms with Gasteiger partial charge in [-0.1, -0.05) is 60.7 Å². The van der Waals surface area contributed by atoms with Crippen LogP contribution in [0.3, 0.4) is 0 Å². The molecule has 0 unspecified atom stereocenters. The van der Waals surface area contributed by atoms with Crippen molar-refractivity contribution in [2.24, 2.45) is 0 Å². The molecule has 1 aliphatic heterocycles. The van der Waals surface area contributed by atoms with E-state index in [-0.39, 0.29) is 18.3 Å². The SMILES string of the molecule is C[C@H](OC(=O)Cc1ccc2ccccc2c1)C(=O)N1CCN(c2ccccc2)CC1. The average molecular weight is 402 g/mol. The zero-order valence-electron chi connectivity index (χ0n) is 17.2. The summed E-state index contributed by atoms with van der Waals surface area (Å²) < 4.78 is 5.45. The highest BCUT2D eigenvalue weighted by Gasteiger charge is 2.27. The van der Waals surface area contributed by atoms with Crippen LogP contribution >= 0.6 is 0 Å². The fourth-order valence-electron chi connectivity index (χ4n) is 3.89. The number of hydrogen-bond donors (Lipinski definition) is 0. The highest BCUT2D eigenvalue weighted by atomic mass is 16.5. The van der Waals surface area contributed by atoms with Crippen LogP contribution in [0.25, 0.3) is 10.8 Å². The standard InChI is InChI=1S/C25H26N2O3/c1-19(25(29)27-15-13-26(14-16-27)23-9-3-2-4-10-23)30-24(28)18-20-11-12-21-7-5-6-8-22(21)17-20/h2-12,17,19H,13-16,18H2,1H3/t19-/m0/s1. The van der Waals surface area contributed by atoms with Crippen LogP contribution in [-0.4, -0.2) is 49.1 Å². The van der Waals surface area contributed by atoms with E-state index in [0.29, 0.717) is 13.1 Å². The van der Waals surface area contributed by atoms with Gasteiger partial charge in [0.05, 0.1) is 6.42 Å². The Kier molecular flexibility index (Phi) is 5.98. The van der Waals surface area contributed by atoms with Gasteiger partial charge in [0.15, 0.2) is 6.10 Å². The van der Waals surface area contributed by atoms with Crippen LogP contribution in [0.5, 0.6) is 0 Å². The highest BCUT2D eigenvalue weighted by Crippen LogP contribution is 2.18. The Labute approximate surface area is 176 Å². The van der Waals surface area contributed by atoms with Gasteiger partial charge < -0.3 is 14.5 Å². The largest absolute Gasteiger partial charge is 0.452 e. The molecule has 5 heteroatoms. The minimum atomic E-state index is -0.777. The molecule has 0 radical (unpaired) electrons. The minimum absolute atomic E-state index is 0.130. The summed E-state index contributed by atoms with van der Waals surface area (Å²) in [5, 5.41) is 2.22. The zero-order chi connectivity index (χ0) is 20.9. The van der Waals surface area contributed by atoms with E-state index in [2.05, 4.69) is 17.0 Å². The van der Waals surface area contributed by atoms with E-state index in [1.807, 2.05) is 60.7 Å². The molecule has 0 aromatic heterocycles. The molecule has 1 atom stereocenters. The van der Waals surface area contributed by atoms with Crippen molar-refractivity contribution >= 4 is 28.3 Å². The van der Waals surface area contributed by atoms with Crippen molar-refractivity contribution < 1.29 is 14.3 Å². The summed E-state index contributed by atoms with van der Waals surface area (Å²) in [7, 11) is 0. The molecule has 5 nitrogen and oxygen atoms in total. The maximum atomic E-state index is 12.7. The number of rotatable bonds is 5. The van der Waals surface area contributed by atoms with E-state index in [4.69, 9.17) is 4.74 Å². The molecule has 0 aliphatic carbocycles. The lowest BCUT2D eigenvalue weighted by Crippen LogP contribution is -2.51. The molecule has 154 valence electrons. The van der Waals surface area contributed by atoms with Gasteiger partial charge in [0, 0.05) is 31.9 Å². The van der Waals surface area contributed by atoms with E-state index in [0.717, 1.165) is 29.4 Å². The number of hydrogen-bond acceptors (Lipinski definition) is 4. The van der Waals surface area contributed by atoms with E-state index in [1.54, 1.807) is 11.8 Å². The first-order valence-corrected chi connectivity index (χ1v) is 10.4. The zero-order valence-corrected chi connectivity index (χ0v) is 17.2. The molecule has 4 rings (SSSR count). The number of carbonyl (C=O) groups excluding carboxylic acids is 2. The fraction of sp³-hybridized carbons (Fsp3) is 0.280. The molecule has 0 N–H and O–H groups in total. The summed E-state index contributed by atoms with van der Waals surface area (Å²) in [6, 6.07) is 24.1. The van der Waals surface area contributed by atoms with E-state index >= 15 is 0 Å². The summed E-state index contributed by atoms with van der Waals surface area (Å²) in [5.74, 6) is -0.511. The van der Waals surface area contributed by atoms with Crippen LogP contribution in [-0.2, 0) is 20.7 Å². The number of benzene rings is 3. The Morgan fingerprint density at radius 1 is 0.867 bits per heavy atom. The predicted molar refractivity (Wildman–Crippen MR) is 118 cm³/mol. The number of anilines is 1. The van der Waals surface area contributed by atoms with Crippen LogP contribution in [0.4, 0.5) is 5.69 Å². The smallest absolute Gasteiger partial charge is 0.311 e. The number of nitrogens with zero attached hydrogens (tertiary/aromatic N) is 2. The van der Waals surface area contributed by atoms with E-state index < -0.39 is 6.10 Å². The number of piperazine rings is 1. The Bertz CT molecular complexity index is 1030. The summed E-state index contributed by atoms with van der Waals surface area (Å²) >= 11 is 0. The molecular weight excluding hydrogens is 376 g/mol. The average Bonchev–Trinajstić information content (AvgIpc) is 2.79. The first kappa shape index (κ1) is 20.0. The van der Waals surface area contributed by atoms with Crippen LogP contribution in [0.15, 0.2) is 72.8 Å². The molecule has 0 bridgehead atoms. The number of ether oxygens (including phenoxy) is 1. The van der Waals surface area contributed by atoms with Gasteiger partial charge in [-0.05, 0) is 35.4 Å². The van der Waals surface area contributed by atoms with Crippen molar-refractivity contribution in [1.82, 2.24) is 4.90 Å². The Morgan fingerprint density at radius 3 is 2.27 bits per heavy atom. The summed E-state index contributed by atoms with van der Waals surface area (Å²) in [6.07, 6.45) is -0.620. The van der Waals surface area contributed by atoms with Crippen molar-refractivity contribution in [2.75, 3.05) is 31.1 Å². The lowest BCUT2D eigenvalue weighted by molar-refractivity contribution is -0.158. The van der Waals surface area contributed by atoms with Crippen molar-refractivity contribution in [3.8, 4) is 0 Å². The summed E-state index contributed by atoms with van der Waals surface area (Å²) in [4.78, 5) is 29.2. The minimum Gasteiger partial charge on any atom is -0.452 e. The van der Waals surface area contributed by atoms with Crippen LogP contribution in [0.1, 0.15) is 12.5 Å². The van der Waals surface area contributed by atoms with E-state index in [9.17, 15) is 9.59 Å². The number of fused-ring (bicyclic) bond motifs is 1. The van der Waals surface area contributed by atoms with Gasteiger partial charge in [0.25, 0.3) is 5.91 Å². The summed E-state index contributed by atoms with van der Waals surface area (Å²) in [5.41, 5.74) is 2.05. The maximum Gasteiger partial charge on any atom is 0.311 e. The second-order valence-corrected chi connectivity index (χ2v) is 7.64. The second-order valence-electron chi connectivity index (χ2n) is 7.64. The van der Waals surface area contributed by atoms with Crippen molar-refractivity contribution in [2.45, 2.75) is 19.4 Å². The van der Waals surface area contributed by atoms with Crippen LogP contribution in [0.2, 0.25) is 0 Å². The van der Waals surface area contributed by atoms with Crippen molar-refractivity contribution in [3.63, 3.8) is 0 Å². The quantitative estimate of drug-likeness (QED) is 0.611. The molecule has 30 heavy (non-hydrogen) atoms. The van der Waals surface area contributed by atoms with Gasteiger partial charge in [-0.3, -0.25) is 9.59 Å². The molecule has 0 saturated carbocycles. The summed E-state index contributed by atoms with van der Waals surface area (Å²) in [6.45, 7) is 4.45. The van der Waals surface area contributed by atoms with Crippen LogP contribution < -0.4 is 4.90 Å². The molecular formula is C25H26N2O3. The first-order valence-electron chi connectivity index (χ1n) is 10.4. The predicted octanol–water partition coefficient (Wildman–Crippen LogP) is 3.66. The third-order valence-electron chi connectivity index (χ3n) is 5.53. The normalized spacial score (nSPS) is 15.1. The molecule has 3 aromatic rings. The number of esters is 1. The molecule has 1 heterocycles. The lowest BCUT2D eigenvalue weighted by Gasteiger charge is -2.37. The number of carbonyl (C=O) groups is 2.